The van der Waals surface area contributed by atoms with Gasteiger partial charge in [0.15, 0.2) is 0 Å². The molecular formula is C19H39NO. The maximum Gasteiger partial charge on any atom is 0.0582 e. The lowest BCUT2D eigenvalue weighted by Gasteiger charge is -2.38. The van der Waals surface area contributed by atoms with Crippen LogP contribution in [0.15, 0.2) is 0 Å². The van der Waals surface area contributed by atoms with Gasteiger partial charge in [0.1, 0.15) is 0 Å². The third-order valence-corrected chi connectivity index (χ3v) is 4.43. The molecule has 2 heteroatoms. The van der Waals surface area contributed by atoms with Crippen LogP contribution in [-0.4, -0.2) is 24.8 Å². The van der Waals surface area contributed by atoms with Crippen molar-refractivity contribution in [2.45, 2.75) is 98.1 Å². The molecule has 0 heterocycles. The van der Waals surface area contributed by atoms with E-state index in [0.717, 1.165) is 19.1 Å². The molecule has 1 aliphatic rings. The molecule has 1 N–H and O–H groups in total. The first-order valence-corrected chi connectivity index (χ1v) is 9.05. The SMILES string of the molecule is CC1CC(OCCCCCCNC(C)(C)C)CC(C)(C)C1. The van der Waals surface area contributed by atoms with Gasteiger partial charge in [-0.2, -0.15) is 0 Å². The molecule has 0 aromatic heterocycles. The van der Waals surface area contributed by atoms with Crippen molar-refractivity contribution in [1.82, 2.24) is 5.32 Å². The van der Waals surface area contributed by atoms with Gasteiger partial charge in [0.25, 0.3) is 0 Å². The summed E-state index contributed by atoms with van der Waals surface area (Å²) in [6.07, 6.45) is 9.49. The Balaban J connectivity index is 1.99. The zero-order valence-electron chi connectivity index (χ0n) is 15.4. The van der Waals surface area contributed by atoms with Gasteiger partial charge < -0.3 is 10.1 Å². The fourth-order valence-corrected chi connectivity index (χ4v) is 3.68. The van der Waals surface area contributed by atoms with E-state index in [1.165, 1.54) is 44.9 Å². The first kappa shape index (κ1) is 19.0. The second-order valence-corrected chi connectivity index (χ2v) is 9.00. The van der Waals surface area contributed by atoms with E-state index < -0.39 is 0 Å². The van der Waals surface area contributed by atoms with E-state index in [1.807, 2.05) is 0 Å². The minimum Gasteiger partial charge on any atom is -0.378 e. The number of hydrogen-bond acceptors (Lipinski definition) is 2. The van der Waals surface area contributed by atoms with Gasteiger partial charge >= 0.3 is 0 Å². The van der Waals surface area contributed by atoms with Crippen LogP contribution in [0.4, 0.5) is 0 Å². The Bertz CT molecular complexity index is 280. The van der Waals surface area contributed by atoms with Crippen molar-refractivity contribution < 1.29 is 4.74 Å². The molecule has 1 rings (SSSR count). The molecule has 2 unspecified atom stereocenters. The standard InChI is InChI=1S/C19H39NO/c1-16-13-17(15-19(5,6)14-16)21-12-10-8-7-9-11-20-18(2,3)4/h16-17,20H,7-15H2,1-6H3. The summed E-state index contributed by atoms with van der Waals surface area (Å²) in [6, 6.07) is 0. The summed E-state index contributed by atoms with van der Waals surface area (Å²) in [5.41, 5.74) is 0.731. The van der Waals surface area contributed by atoms with Gasteiger partial charge in [0, 0.05) is 12.1 Å². The molecule has 0 radical (unpaired) electrons. The van der Waals surface area contributed by atoms with E-state index in [1.54, 1.807) is 0 Å². The summed E-state index contributed by atoms with van der Waals surface area (Å²) >= 11 is 0. The zero-order chi connectivity index (χ0) is 15.9. The van der Waals surface area contributed by atoms with Crippen LogP contribution in [-0.2, 0) is 4.74 Å². The summed E-state index contributed by atoms with van der Waals surface area (Å²) in [4.78, 5) is 0. The predicted octanol–water partition coefficient (Wildman–Crippen LogP) is 5.17. The van der Waals surface area contributed by atoms with Crippen LogP contribution in [0.5, 0.6) is 0 Å². The minimum atomic E-state index is 0.258. The highest BCUT2D eigenvalue weighted by Gasteiger charge is 2.32. The minimum absolute atomic E-state index is 0.258. The quantitative estimate of drug-likeness (QED) is 0.624. The Morgan fingerprint density at radius 2 is 1.71 bits per heavy atom. The third-order valence-electron chi connectivity index (χ3n) is 4.43. The number of rotatable bonds is 8. The molecule has 0 saturated heterocycles. The highest BCUT2D eigenvalue weighted by Crippen LogP contribution is 2.39. The molecular weight excluding hydrogens is 258 g/mol. The molecule has 0 spiro atoms. The second kappa shape index (κ2) is 8.53. The fourth-order valence-electron chi connectivity index (χ4n) is 3.68. The van der Waals surface area contributed by atoms with Crippen LogP contribution >= 0.6 is 0 Å². The monoisotopic (exact) mass is 297 g/mol. The Morgan fingerprint density at radius 3 is 2.33 bits per heavy atom. The maximum atomic E-state index is 6.13. The van der Waals surface area contributed by atoms with E-state index >= 15 is 0 Å². The van der Waals surface area contributed by atoms with Crippen molar-refractivity contribution in [3.05, 3.63) is 0 Å². The molecule has 0 aromatic carbocycles. The van der Waals surface area contributed by atoms with Gasteiger partial charge in [-0.3, -0.25) is 0 Å². The molecule has 1 aliphatic carbocycles. The molecule has 2 nitrogen and oxygen atoms in total. The van der Waals surface area contributed by atoms with Crippen LogP contribution < -0.4 is 5.32 Å². The topological polar surface area (TPSA) is 21.3 Å². The normalized spacial score (nSPS) is 26.0. The maximum absolute atomic E-state index is 6.13. The summed E-state index contributed by atoms with van der Waals surface area (Å²) < 4.78 is 6.13. The lowest BCUT2D eigenvalue weighted by Crippen LogP contribution is -2.36. The highest BCUT2D eigenvalue weighted by molar-refractivity contribution is 4.83. The first-order valence-electron chi connectivity index (χ1n) is 9.05. The predicted molar refractivity (Wildman–Crippen MR) is 92.8 cm³/mol. The Kier molecular flexibility index (Phi) is 7.70. The van der Waals surface area contributed by atoms with E-state index in [4.69, 9.17) is 4.74 Å². The van der Waals surface area contributed by atoms with Crippen molar-refractivity contribution in [2.24, 2.45) is 11.3 Å². The molecule has 126 valence electrons. The van der Waals surface area contributed by atoms with Gasteiger partial charge in [-0.15, -0.1) is 0 Å². The number of ether oxygens (including phenoxy) is 1. The summed E-state index contributed by atoms with van der Waals surface area (Å²) in [5.74, 6) is 0.822. The van der Waals surface area contributed by atoms with Gasteiger partial charge in [0.2, 0.25) is 0 Å². The van der Waals surface area contributed by atoms with E-state index in [0.29, 0.717) is 11.5 Å². The molecule has 0 aromatic rings. The first-order chi connectivity index (χ1) is 9.68. The number of unbranched alkanes of at least 4 members (excludes halogenated alkanes) is 3. The third kappa shape index (κ3) is 9.52. The second-order valence-electron chi connectivity index (χ2n) is 9.00. The summed E-state index contributed by atoms with van der Waals surface area (Å²) in [6.45, 7) is 15.9. The van der Waals surface area contributed by atoms with Crippen LogP contribution in [0, 0.1) is 11.3 Å². The molecule has 0 amide bonds. The van der Waals surface area contributed by atoms with Crippen LogP contribution in [0.2, 0.25) is 0 Å². The lowest BCUT2D eigenvalue weighted by molar-refractivity contribution is -0.0240. The van der Waals surface area contributed by atoms with Crippen molar-refractivity contribution in [1.29, 1.82) is 0 Å². The molecule has 2 atom stereocenters. The Hall–Kier alpha value is -0.0800. The van der Waals surface area contributed by atoms with Crippen LogP contribution in [0.1, 0.15) is 86.5 Å². The fraction of sp³-hybridized carbons (Fsp3) is 1.00. The summed E-state index contributed by atoms with van der Waals surface area (Å²) in [7, 11) is 0. The average Bonchev–Trinajstić information content (AvgIpc) is 2.28. The van der Waals surface area contributed by atoms with Gasteiger partial charge in [-0.1, -0.05) is 33.6 Å². The van der Waals surface area contributed by atoms with Gasteiger partial charge in [-0.05, 0) is 70.8 Å². The molecule has 21 heavy (non-hydrogen) atoms. The van der Waals surface area contributed by atoms with E-state index in [9.17, 15) is 0 Å². The van der Waals surface area contributed by atoms with Crippen molar-refractivity contribution in [3.8, 4) is 0 Å². The van der Waals surface area contributed by atoms with Crippen LogP contribution in [0.3, 0.4) is 0 Å². The summed E-state index contributed by atoms with van der Waals surface area (Å²) in [5, 5.41) is 3.55. The smallest absolute Gasteiger partial charge is 0.0582 e. The molecule has 1 saturated carbocycles. The van der Waals surface area contributed by atoms with Crippen LogP contribution in [0.25, 0.3) is 0 Å². The molecule has 0 aliphatic heterocycles. The number of nitrogens with one attached hydrogen (secondary N) is 1. The van der Waals surface area contributed by atoms with E-state index in [-0.39, 0.29) is 5.54 Å². The zero-order valence-corrected chi connectivity index (χ0v) is 15.4. The van der Waals surface area contributed by atoms with Crippen molar-refractivity contribution in [2.75, 3.05) is 13.2 Å². The Morgan fingerprint density at radius 1 is 1.05 bits per heavy atom. The van der Waals surface area contributed by atoms with Gasteiger partial charge in [-0.25, -0.2) is 0 Å². The lowest BCUT2D eigenvalue weighted by atomic mass is 9.71. The average molecular weight is 298 g/mol. The number of hydrogen-bond donors (Lipinski definition) is 1. The van der Waals surface area contributed by atoms with Gasteiger partial charge in [0.05, 0.1) is 6.10 Å². The van der Waals surface area contributed by atoms with Crippen molar-refractivity contribution >= 4 is 0 Å². The van der Waals surface area contributed by atoms with E-state index in [2.05, 4.69) is 46.9 Å². The highest BCUT2D eigenvalue weighted by atomic mass is 16.5. The largest absolute Gasteiger partial charge is 0.378 e. The Labute approximate surface area is 133 Å². The van der Waals surface area contributed by atoms with Crippen molar-refractivity contribution in [3.63, 3.8) is 0 Å². The molecule has 1 fully saturated rings. The molecule has 0 bridgehead atoms.